The Bertz CT molecular complexity index is 1890. The molecule has 2 aliphatic rings. The Morgan fingerprint density at radius 2 is 1.21 bits per heavy atom. The minimum atomic E-state index is -1.01. The Balaban J connectivity index is 2.01. The van der Waals surface area contributed by atoms with Gasteiger partial charge in [-0.15, -0.1) is 0 Å². The number of aliphatic hydroxyl groups is 2. The third kappa shape index (κ3) is 5.03. The van der Waals surface area contributed by atoms with Gasteiger partial charge in [-0.3, -0.25) is 9.59 Å². The van der Waals surface area contributed by atoms with Gasteiger partial charge < -0.3 is 30.4 Å². The van der Waals surface area contributed by atoms with E-state index in [-0.39, 0.29) is 12.8 Å². The van der Waals surface area contributed by atoms with Crippen LogP contribution in [0.3, 0.4) is 0 Å². The Kier molecular flexibility index (Phi) is 7.38. The van der Waals surface area contributed by atoms with E-state index in [4.69, 9.17) is 9.97 Å². The largest absolute Gasteiger partial charge is 0.481 e. The normalized spacial score (nSPS) is 14.9. The van der Waals surface area contributed by atoms with Gasteiger partial charge in [-0.25, -0.2) is 9.97 Å². The van der Waals surface area contributed by atoms with Crippen molar-refractivity contribution in [3.8, 4) is 0 Å². The van der Waals surface area contributed by atoms with Gasteiger partial charge in [0.2, 0.25) is 0 Å². The summed E-state index contributed by atoms with van der Waals surface area (Å²) >= 11 is 0. The molecule has 3 aromatic heterocycles. The summed E-state index contributed by atoms with van der Waals surface area (Å²) in [6.07, 6.45) is -2.13. The summed E-state index contributed by atoms with van der Waals surface area (Å²) in [5, 5.41) is 40.8. The quantitative estimate of drug-likeness (QED) is 0.231. The molecule has 0 amide bonds. The summed E-state index contributed by atoms with van der Waals surface area (Å²) in [5.74, 6) is -2.02. The minimum absolute atomic E-state index is 0.253. The molecular formula is C32H34N4O6. The lowest BCUT2D eigenvalue weighted by Gasteiger charge is -2.07. The SMILES string of the molecule is CC1=C(CC(=O)O)c2cc3[nH]c(cc4nc(cc5[nH]c(cc1n2)c(C)c5C(C)O)C(C)=C4C(C)O)c(C)c3CC(=O)O. The average molecular weight is 571 g/mol. The van der Waals surface area contributed by atoms with E-state index in [1.54, 1.807) is 26.0 Å². The molecule has 218 valence electrons. The maximum Gasteiger partial charge on any atom is 0.307 e. The number of carbonyl (C=O) groups is 2. The van der Waals surface area contributed by atoms with Crippen molar-refractivity contribution in [1.29, 1.82) is 0 Å². The predicted molar refractivity (Wildman–Crippen MR) is 161 cm³/mol. The second-order valence-electron chi connectivity index (χ2n) is 11.0. The van der Waals surface area contributed by atoms with E-state index < -0.39 is 24.1 Å². The monoisotopic (exact) mass is 570 g/mol. The van der Waals surface area contributed by atoms with Crippen molar-refractivity contribution >= 4 is 56.3 Å². The highest BCUT2D eigenvalue weighted by molar-refractivity contribution is 5.99. The van der Waals surface area contributed by atoms with Gasteiger partial charge in [0.1, 0.15) is 0 Å². The number of aliphatic carboxylic acids is 2. The number of hydrogen-bond donors (Lipinski definition) is 6. The third-order valence-electron chi connectivity index (χ3n) is 8.13. The zero-order valence-electron chi connectivity index (χ0n) is 24.4. The van der Waals surface area contributed by atoms with Gasteiger partial charge in [-0.05, 0) is 99.2 Å². The van der Waals surface area contributed by atoms with E-state index >= 15 is 0 Å². The van der Waals surface area contributed by atoms with Crippen LogP contribution in [-0.4, -0.2) is 58.4 Å². The van der Waals surface area contributed by atoms with Crippen LogP contribution in [0.1, 0.15) is 85.2 Å². The number of carboxylic acids is 2. The predicted octanol–water partition coefficient (Wildman–Crippen LogP) is 5.33. The molecule has 0 fully saturated rings. The molecule has 0 saturated heterocycles. The van der Waals surface area contributed by atoms with Gasteiger partial charge in [-0.1, -0.05) is 0 Å². The molecular weight excluding hydrogens is 536 g/mol. The lowest BCUT2D eigenvalue weighted by Crippen LogP contribution is -2.03. The van der Waals surface area contributed by atoms with Crippen LogP contribution in [0.4, 0.5) is 0 Å². The van der Waals surface area contributed by atoms with Crippen LogP contribution in [0.5, 0.6) is 0 Å². The van der Waals surface area contributed by atoms with Crippen LogP contribution in [-0.2, 0) is 16.0 Å². The van der Waals surface area contributed by atoms with E-state index in [1.807, 2.05) is 39.8 Å². The van der Waals surface area contributed by atoms with Crippen molar-refractivity contribution in [2.24, 2.45) is 0 Å². The molecule has 5 heterocycles. The molecule has 2 aliphatic heterocycles. The summed E-state index contributed by atoms with van der Waals surface area (Å²) in [5.41, 5.74) is 10.0. The van der Waals surface area contributed by atoms with Crippen LogP contribution < -0.4 is 0 Å². The van der Waals surface area contributed by atoms with E-state index in [9.17, 15) is 30.0 Å². The number of hydrogen-bond acceptors (Lipinski definition) is 6. The van der Waals surface area contributed by atoms with Crippen molar-refractivity contribution in [1.82, 2.24) is 19.9 Å². The number of aromatic nitrogens is 4. The summed E-state index contributed by atoms with van der Waals surface area (Å²) in [4.78, 5) is 40.0. The fraction of sp³-hybridized carbons (Fsp3) is 0.312. The van der Waals surface area contributed by atoms with Gasteiger partial charge >= 0.3 is 11.9 Å². The van der Waals surface area contributed by atoms with Crippen molar-refractivity contribution in [2.45, 2.75) is 66.6 Å². The van der Waals surface area contributed by atoms with Gasteiger partial charge in [0.05, 0.1) is 47.8 Å². The van der Waals surface area contributed by atoms with E-state index in [2.05, 4.69) is 9.97 Å². The first-order valence-electron chi connectivity index (χ1n) is 13.7. The van der Waals surface area contributed by atoms with Gasteiger partial charge in [-0.2, -0.15) is 0 Å². The maximum absolute atomic E-state index is 11.8. The van der Waals surface area contributed by atoms with Crippen LogP contribution in [0, 0.1) is 13.8 Å². The number of aromatic amines is 2. The second kappa shape index (κ2) is 10.7. The number of carboxylic acid groups (broad SMARTS) is 2. The first-order valence-corrected chi connectivity index (χ1v) is 13.7. The molecule has 0 radical (unpaired) electrons. The summed E-state index contributed by atoms with van der Waals surface area (Å²) < 4.78 is 0. The Morgan fingerprint density at radius 3 is 1.83 bits per heavy atom. The minimum Gasteiger partial charge on any atom is -0.481 e. The summed E-state index contributed by atoms with van der Waals surface area (Å²) in [7, 11) is 0. The number of nitrogens with zero attached hydrogens (tertiary/aromatic N) is 2. The summed E-state index contributed by atoms with van der Waals surface area (Å²) in [6, 6.07) is 7.17. The molecule has 2 atom stereocenters. The topological polar surface area (TPSA) is 172 Å². The maximum atomic E-state index is 11.8. The molecule has 0 spiro atoms. The Morgan fingerprint density at radius 1 is 0.690 bits per heavy atom. The van der Waals surface area contributed by atoms with E-state index in [1.165, 1.54) is 0 Å². The van der Waals surface area contributed by atoms with Crippen LogP contribution in [0.15, 0.2) is 24.3 Å². The highest BCUT2D eigenvalue weighted by atomic mass is 16.4. The number of aliphatic hydroxyl groups excluding tert-OH is 2. The first kappa shape index (κ1) is 29.0. The van der Waals surface area contributed by atoms with Gasteiger partial charge in [0.25, 0.3) is 0 Å². The van der Waals surface area contributed by atoms with Gasteiger partial charge in [0, 0.05) is 33.2 Å². The smallest absolute Gasteiger partial charge is 0.307 e. The molecule has 2 unspecified atom stereocenters. The molecule has 10 nitrogen and oxygen atoms in total. The Hall–Kier alpha value is -4.54. The zero-order chi connectivity index (χ0) is 30.6. The molecule has 0 saturated carbocycles. The Labute approximate surface area is 242 Å². The van der Waals surface area contributed by atoms with Crippen LogP contribution in [0.2, 0.25) is 0 Å². The number of rotatable bonds is 6. The first-order chi connectivity index (χ1) is 19.8. The molecule has 42 heavy (non-hydrogen) atoms. The molecule has 5 rings (SSSR count). The van der Waals surface area contributed by atoms with Crippen LogP contribution in [0.25, 0.3) is 44.4 Å². The number of fused-ring (bicyclic) bond motifs is 8. The zero-order valence-corrected chi connectivity index (χ0v) is 24.4. The molecule has 0 aromatic carbocycles. The standard InChI is InChI=1S/C32H34N4O6/c1-13-19(7-29(39)40)25-12-26-20(8-30(41)42)14(2)22(34-26)10-27-32(18(6)38)16(4)24(36-27)11-28-31(17(5)37)15(3)23(35-28)9-21(13)33-25/h9-12,17-18,34-35,37-38H,7-8H2,1-6H3,(H,39,40)(H,41,42). The molecule has 6 N–H and O–H groups in total. The van der Waals surface area contributed by atoms with E-state index in [0.29, 0.717) is 78.3 Å². The number of H-pyrrole nitrogens is 2. The van der Waals surface area contributed by atoms with Crippen molar-refractivity contribution in [3.63, 3.8) is 0 Å². The average Bonchev–Trinajstić information content (AvgIpc) is 3.54. The third-order valence-corrected chi connectivity index (χ3v) is 8.13. The lowest BCUT2D eigenvalue weighted by atomic mass is 10.0. The van der Waals surface area contributed by atoms with Crippen LogP contribution >= 0.6 is 0 Å². The number of nitrogens with one attached hydrogen (secondary N) is 2. The number of aryl methyl sites for hydroxylation is 2. The van der Waals surface area contributed by atoms with Crippen molar-refractivity contribution in [3.05, 3.63) is 69.3 Å². The van der Waals surface area contributed by atoms with E-state index in [0.717, 1.165) is 11.1 Å². The second-order valence-corrected chi connectivity index (χ2v) is 11.0. The number of allylic oxidation sites excluding steroid dienone is 2. The highest BCUT2D eigenvalue weighted by Gasteiger charge is 2.24. The highest BCUT2D eigenvalue weighted by Crippen LogP contribution is 2.37. The lowest BCUT2D eigenvalue weighted by molar-refractivity contribution is -0.137. The molecule has 10 heteroatoms. The summed E-state index contributed by atoms with van der Waals surface area (Å²) in [6.45, 7) is 10.8. The van der Waals surface area contributed by atoms with Gasteiger partial charge in [0.15, 0.2) is 0 Å². The van der Waals surface area contributed by atoms with Crippen molar-refractivity contribution < 1.29 is 30.0 Å². The van der Waals surface area contributed by atoms with Crippen molar-refractivity contribution in [2.75, 3.05) is 0 Å². The molecule has 8 bridgehead atoms. The molecule has 3 aromatic rings. The fourth-order valence-electron chi connectivity index (χ4n) is 5.97. The molecule has 0 aliphatic carbocycles. The fourth-order valence-corrected chi connectivity index (χ4v) is 5.97.